The largest absolute Gasteiger partial charge is 0.435 e. The van der Waals surface area contributed by atoms with Crippen molar-refractivity contribution in [1.82, 2.24) is 10.2 Å². The van der Waals surface area contributed by atoms with E-state index in [1.807, 2.05) is 11.9 Å². The predicted molar refractivity (Wildman–Crippen MR) is 70.6 cm³/mol. The van der Waals surface area contributed by atoms with Crippen molar-refractivity contribution in [1.29, 1.82) is 0 Å². The van der Waals surface area contributed by atoms with Gasteiger partial charge in [0.1, 0.15) is 5.75 Å². The van der Waals surface area contributed by atoms with Crippen molar-refractivity contribution in [3.63, 3.8) is 0 Å². The first kappa shape index (κ1) is 14.7. The fourth-order valence-electron chi connectivity index (χ4n) is 2.34. The number of hydrogen-bond donors (Lipinski definition) is 1. The van der Waals surface area contributed by atoms with E-state index in [1.165, 1.54) is 12.1 Å². The Balaban J connectivity index is 1.83. The highest BCUT2D eigenvalue weighted by Gasteiger charge is 2.27. The Hall–Kier alpha value is -1.69. The second kappa shape index (κ2) is 6.65. The quantitative estimate of drug-likeness (QED) is 0.899. The fraction of sp³-hybridized carbons (Fsp3) is 0.500. The molecular weight excluding hydrogens is 266 g/mol. The maximum Gasteiger partial charge on any atom is 0.387 e. The molecule has 4 nitrogen and oxygen atoms in total. The maximum atomic E-state index is 12.0. The van der Waals surface area contributed by atoms with Crippen molar-refractivity contribution in [3.05, 3.63) is 29.8 Å². The Kier molecular flexibility index (Phi) is 4.89. The summed E-state index contributed by atoms with van der Waals surface area (Å²) in [6.07, 6.45) is 1.91. The van der Waals surface area contributed by atoms with Gasteiger partial charge in [0.25, 0.3) is 0 Å². The first-order chi connectivity index (χ1) is 9.56. The first-order valence-electron chi connectivity index (χ1n) is 6.58. The molecule has 0 spiro atoms. The number of ether oxygens (including phenoxy) is 1. The topological polar surface area (TPSA) is 41.6 Å². The van der Waals surface area contributed by atoms with Gasteiger partial charge in [0.15, 0.2) is 0 Å². The number of halogens is 2. The molecule has 1 aromatic rings. The van der Waals surface area contributed by atoms with Crippen molar-refractivity contribution >= 4 is 5.91 Å². The molecule has 1 aromatic carbocycles. The van der Waals surface area contributed by atoms with Crippen LogP contribution in [0.4, 0.5) is 8.78 Å². The highest BCUT2D eigenvalue weighted by Crippen LogP contribution is 2.16. The molecule has 1 amide bonds. The van der Waals surface area contributed by atoms with E-state index in [0.717, 1.165) is 24.9 Å². The van der Waals surface area contributed by atoms with E-state index >= 15 is 0 Å². The average Bonchev–Trinajstić information content (AvgIpc) is 2.83. The standard InChI is InChI=1S/C14H18F2N2O2/c1-18-8-2-3-12(18)13(19)17-9-10-4-6-11(7-5-10)20-14(15)16/h4-7,12,14H,2-3,8-9H2,1H3,(H,17,19)/t12-/m1/s1. The smallest absolute Gasteiger partial charge is 0.387 e. The lowest BCUT2D eigenvalue weighted by atomic mass is 10.2. The molecule has 20 heavy (non-hydrogen) atoms. The van der Waals surface area contributed by atoms with Gasteiger partial charge in [-0.05, 0) is 44.1 Å². The lowest BCUT2D eigenvalue weighted by molar-refractivity contribution is -0.125. The number of amides is 1. The molecule has 1 heterocycles. The first-order valence-corrected chi connectivity index (χ1v) is 6.58. The number of likely N-dealkylation sites (tertiary alicyclic amines) is 1. The lowest BCUT2D eigenvalue weighted by Gasteiger charge is -2.18. The Bertz CT molecular complexity index is 451. The SMILES string of the molecule is CN1CCC[C@@H]1C(=O)NCc1ccc(OC(F)F)cc1. The van der Waals surface area contributed by atoms with Crippen LogP contribution in [0.15, 0.2) is 24.3 Å². The summed E-state index contributed by atoms with van der Waals surface area (Å²) >= 11 is 0. The molecule has 6 heteroatoms. The molecular formula is C14H18F2N2O2. The zero-order valence-corrected chi connectivity index (χ0v) is 11.3. The molecule has 0 aliphatic carbocycles. The minimum absolute atomic E-state index is 0.0120. The van der Waals surface area contributed by atoms with E-state index in [2.05, 4.69) is 10.1 Å². The minimum atomic E-state index is -2.82. The molecule has 1 saturated heterocycles. The maximum absolute atomic E-state index is 12.0. The van der Waals surface area contributed by atoms with Gasteiger partial charge in [-0.3, -0.25) is 9.69 Å². The van der Waals surface area contributed by atoms with Crippen molar-refractivity contribution in [3.8, 4) is 5.75 Å². The monoisotopic (exact) mass is 284 g/mol. The molecule has 0 unspecified atom stereocenters. The molecule has 0 aromatic heterocycles. The highest BCUT2D eigenvalue weighted by atomic mass is 19.3. The van der Waals surface area contributed by atoms with Crippen LogP contribution >= 0.6 is 0 Å². The Morgan fingerprint density at radius 3 is 2.70 bits per heavy atom. The van der Waals surface area contributed by atoms with Gasteiger partial charge in [-0.1, -0.05) is 12.1 Å². The summed E-state index contributed by atoms with van der Waals surface area (Å²) in [5.41, 5.74) is 0.848. The van der Waals surface area contributed by atoms with Crippen LogP contribution < -0.4 is 10.1 Å². The summed E-state index contributed by atoms with van der Waals surface area (Å²) in [4.78, 5) is 14.0. The van der Waals surface area contributed by atoms with Gasteiger partial charge in [-0.15, -0.1) is 0 Å². The molecule has 1 aliphatic rings. The van der Waals surface area contributed by atoms with Crippen molar-refractivity contribution < 1.29 is 18.3 Å². The van der Waals surface area contributed by atoms with Crippen LogP contribution in [-0.4, -0.2) is 37.1 Å². The van der Waals surface area contributed by atoms with E-state index in [0.29, 0.717) is 6.54 Å². The fourth-order valence-corrected chi connectivity index (χ4v) is 2.34. The average molecular weight is 284 g/mol. The third kappa shape index (κ3) is 3.90. The molecule has 0 saturated carbocycles. The number of hydrogen-bond acceptors (Lipinski definition) is 3. The van der Waals surface area contributed by atoms with Crippen molar-refractivity contribution in [2.24, 2.45) is 0 Å². The highest BCUT2D eigenvalue weighted by molar-refractivity contribution is 5.81. The number of benzene rings is 1. The zero-order valence-electron chi connectivity index (χ0n) is 11.3. The normalized spacial score (nSPS) is 19.3. The molecule has 1 fully saturated rings. The lowest BCUT2D eigenvalue weighted by Crippen LogP contribution is -2.41. The van der Waals surface area contributed by atoms with Gasteiger partial charge in [-0.2, -0.15) is 8.78 Å². The predicted octanol–water partition coefficient (Wildman–Crippen LogP) is 2.00. The third-order valence-electron chi connectivity index (χ3n) is 3.44. The molecule has 1 N–H and O–H groups in total. The summed E-state index contributed by atoms with van der Waals surface area (Å²) in [5.74, 6) is 0.128. The third-order valence-corrected chi connectivity index (χ3v) is 3.44. The second-order valence-electron chi connectivity index (χ2n) is 4.88. The number of nitrogens with one attached hydrogen (secondary N) is 1. The number of rotatable bonds is 5. The van der Waals surface area contributed by atoms with E-state index in [4.69, 9.17) is 0 Å². The second-order valence-corrected chi connectivity index (χ2v) is 4.88. The number of alkyl halides is 2. The van der Waals surface area contributed by atoms with Gasteiger partial charge in [0.05, 0.1) is 6.04 Å². The van der Waals surface area contributed by atoms with Crippen LogP contribution in [0.3, 0.4) is 0 Å². The van der Waals surface area contributed by atoms with E-state index < -0.39 is 6.61 Å². The minimum Gasteiger partial charge on any atom is -0.435 e. The van der Waals surface area contributed by atoms with E-state index in [-0.39, 0.29) is 17.7 Å². The molecule has 1 aliphatic heterocycles. The van der Waals surface area contributed by atoms with Crippen LogP contribution in [-0.2, 0) is 11.3 Å². The number of likely N-dealkylation sites (N-methyl/N-ethyl adjacent to an activating group) is 1. The van der Waals surface area contributed by atoms with Crippen LogP contribution in [0.1, 0.15) is 18.4 Å². The molecule has 2 rings (SSSR count). The number of carbonyl (C=O) groups is 1. The van der Waals surface area contributed by atoms with Crippen LogP contribution in [0.25, 0.3) is 0 Å². The summed E-state index contributed by atoms with van der Waals surface area (Å²) in [5, 5.41) is 2.86. The zero-order chi connectivity index (χ0) is 14.5. The van der Waals surface area contributed by atoms with Crippen LogP contribution in [0, 0.1) is 0 Å². The summed E-state index contributed by atoms with van der Waals surface area (Å²) in [7, 11) is 1.94. The number of nitrogens with zero attached hydrogens (tertiary/aromatic N) is 1. The molecule has 110 valence electrons. The molecule has 0 bridgehead atoms. The number of carbonyl (C=O) groups excluding carboxylic acids is 1. The Morgan fingerprint density at radius 2 is 2.15 bits per heavy atom. The van der Waals surface area contributed by atoms with Crippen LogP contribution in [0.2, 0.25) is 0 Å². The van der Waals surface area contributed by atoms with Gasteiger partial charge in [-0.25, -0.2) is 0 Å². The van der Waals surface area contributed by atoms with Gasteiger partial charge < -0.3 is 10.1 Å². The Morgan fingerprint density at radius 1 is 1.45 bits per heavy atom. The summed E-state index contributed by atoms with van der Waals surface area (Å²) in [6.45, 7) is -1.49. The van der Waals surface area contributed by atoms with Gasteiger partial charge >= 0.3 is 6.61 Å². The summed E-state index contributed by atoms with van der Waals surface area (Å²) < 4.78 is 28.3. The Labute approximate surface area is 116 Å². The van der Waals surface area contributed by atoms with E-state index in [1.54, 1.807) is 12.1 Å². The van der Waals surface area contributed by atoms with Crippen LogP contribution in [0.5, 0.6) is 5.75 Å². The van der Waals surface area contributed by atoms with Gasteiger partial charge in [0, 0.05) is 6.54 Å². The summed E-state index contributed by atoms with van der Waals surface area (Å²) in [6, 6.07) is 6.20. The molecule has 1 atom stereocenters. The van der Waals surface area contributed by atoms with Gasteiger partial charge in [0.2, 0.25) is 5.91 Å². The van der Waals surface area contributed by atoms with E-state index in [9.17, 15) is 13.6 Å². The molecule has 0 radical (unpaired) electrons. The van der Waals surface area contributed by atoms with Crippen molar-refractivity contribution in [2.45, 2.75) is 32.0 Å². The van der Waals surface area contributed by atoms with Crippen molar-refractivity contribution in [2.75, 3.05) is 13.6 Å².